The highest BCUT2D eigenvalue weighted by molar-refractivity contribution is 5.15. The van der Waals surface area contributed by atoms with Gasteiger partial charge in [-0.25, -0.2) is 0 Å². The van der Waals surface area contributed by atoms with Crippen molar-refractivity contribution in [3.8, 4) is 5.75 Å². The van der Waals surface area contributed by atoms with Crippen LogP contribution in [0.15, 0.2) is 36.8 Å². The van der Waals surface area contributed by atoms with Crippen LogP contribution in [0.5, 0.6) is 5.75 Å². The second-order valence-electron chi connectivity index (χ2n) is 5.81. The van der Waals surface area contributed by atoms with Gasteiger partial charge < -0.3 is 9.47 Å². The molecule has 0 saturated carbocycles. The Bertz CT molecular complexity index is 602. The van der Waals surface area contributed by atoms with Crippen molar-refractivity contribution in [2.24, 2.45) is 0 Å². The molecule has 0 N–H and O–H groups in total. The SMILES string of the molecule is CCn1nccc1CN1C[C@H](OC)C[C@H]1COc1cccnc1. The summed E-state index contributed by atoms with van der Waals surface area (Å²) < 4.78 is 13.5. The van der Waals surface area contributed by atoms with Gasteiger partial charge in [-0.2, -0.15) is 5.10 Å². The summed E-state index contributed by atoms with van der Waals surface area (Å²) in [6.07, 6.45) is 6.61. The Kier molecular flexibility index (Phi) is 5.25. The fraction of sp³-hybridized carbons (Fsp3) is 0.529. The Morgan fingerprint density at radius 2 is 2.22 bits per heavy atom. The van der Waals surface area contributed by atoms with E-state index in [1.165, 1.54) is 5.69 Å². The minimum Gasteiger partial charge on any atom is -0.490 e. The molecule has 2 aromatic heterocycles. The summed E-state index contributed by atoms with van der Waals surface area (Å²) in [5.74, 6) is 0.812. The fourth-order valence-corrected chi connectivity index (χ4v) is 3.09. The molecule has 0 aliphatic carbocycles. The molecule has 6 heteroatoms. The third kappa shape index (κ3) is 3.89. The zero-order valence-corrected chi connectivity index (χ0v) is 13.8. The van der Waals surface area contributed by atoms with E-state index in [4.69, 9.17) is 9.47 Å². The Morgan fingerprint density at radius 1 is 1.30 bits per heavy atom. The lowest BCUT2D eigenvalue weighted by molar-refractivity contribution is 0.106. The van der Waals surface area contributed by atoms with E-state index in [1.54, 1.807) is 19.5 Å². The first-order valence-electron chi connectivity index (χ1n) is 8.10. The molecule has 2 aromatic rings. The van der Waals surface area contributed by atoms with Gasteiger partial charge in [-0.05, 0) is 31.5 Å². The average molecular weight is 316 g/mol. The number of hydrogen-bond donors (Lipinski definition) is 0. The molecule has 3 heterocycles. The number of hydrogen-bond acceptors (Lipinski definition) is 5. The molecule has 23 heavy (non-hydrogen) atoms. The summed E-state index contributed by atoms with van der Waals surface area (Å²) in [6, 6.07) is 6.24. The van der Waals surface area contributed by atoms with Crippen molar-refractivity contribution in [3.63, 3.8) is 0 Å². The van der Waals surface area contributed by atoms with Gasteiger partial charge in [0.1, 0.15) is 12.4 Å². The van der Waals surface area contributed by atoms with Gasteiger partial charge in [0.25, 0.3) is 0 Å². The molecule has 0 bridgehead atoms. The zero-order chi connectivity index (χ0) is 16.1. The van der Waals surface area contributed by atoms with Crippen molar-refractivity contribution in [3.05, 3.63) is 42.5 Å². The fourth-order valence-electron chi connectivity index (χ4n) is 3.09. The summed E-state index contributed by atoms with van der Waals surface area (Å²) in [6.45, 7) is 5.44. The van der Waals surface area contributed by atoms with Crippen LogP contribution in [0.1, 0.15) is 19.0 Å². The Labute approximate surface area is 137 Å². The van der Waals surface area contributed by atoms with Crippen LogP contribution < -0.4 is 4.74 Å². The normalized spacial score (nSPS) is 21.7. The van der Waals surface area contributed by atoms with E-state index in [2.05, 4.69) is 28.0 Å². The highest BCUT2D eigenvalue weighted by Crippen LogP contribution is 2.23. The number of aryl methyl sites for hydroxylation is 1. The van der Waals surface area contributed by atoms with Gasteiger partial charge in [0.15, 0.2) is 0 Å². The van der Waals surface area contributed by atoms with Crippen LogP contribution in [-0.4, -0.2) is 52.1 Å². The lowest BCUT2D eigenvalue weighted by Crippen LogP contribution is -2.34. The molecule has 1 aliphatic rings. The third-order valence-corrected chi connectivity index (χ3v) is 4.37. The highest BCUT2D eigenvalue weighted by atomic mass is 16.5. The van der Waals surface area contributed by atoms with E-state index in [9.17, 15) is 0 Å². The first-order chi connectivity index (χ1) is 11.3. The van der Waals surface area contributed by atoms with Crippen LogP contribution in [0.4, 0.5) is 0 Å². The van der Waals surface area contributed by atoms with E-state index in [0.717, 1.165) is 31.8 Å². The maximum absolute atomic E-state index is 5.91. The number of aromatic nitrogens is 3. The number of methoxy groups -OCH3 is 1. The maximum atomic E-state index is 5.91. The van der Waals surface area contributed by atoms with Crippen LogP contribution in [0.2, 0.25) is 0 Å². The van der Waals surface area contributed by atoms with Crippen LogP contribution in [-0.2, 0) is 17.8 Å². The molecular weight excluding hydrogens is 292 g/mol. The molecule has 3 rings (SSSR count). The maximum Gasteiger partial charge on any atom is 0.137 e. The van der Waals surface area contributed by atoms with E-state index >= 15 is 0 Å². The third-order valence-electron chi connectivity index (χ3n) is 4.37. The van der Waals surface area contributed by atoms with Gasteiger partial charge in [-0.1, -0.05) is 0 Å². The quantitative estimate of drug-likeness (QED) is 0.782. The molecule has 0 radical (unpaired) electrons. The Hall–Kier alpha value is -1.92. The largest absolute Gasteiger partial charge is 0.490 e. The standard InChI is InChI=1S/C17H24N4O2/c1-3-21-14(6-8-19-21)11-20-12-17(22-2)9-15(20)13-23-16-5-4-7-18-10-16/h4-8,10,15,17H,3,9,11-13H2,1-2H3/t15-,17+/m0/s1. The van der Waals surface area contributed by atoms with Crippen LogP contribution in [0, 0.1) is 0 Å². The number of rotatable bonds is 7. The predicted octanol–water partition coefficient (Wildman–Crippen LogP) is 1.97. The molecule has 0 spiro atoms. The minimum atomic E-state index is 0.260. The Balaban J connectivity index is 1.64. The van der Waals surface area contributed by atoms with Crippen molar-refractivity contribution in [2.75, 3.05) is 20.3 Å². The van der Waals surface area contributed by atoms with Gasteiger partial charge in [-0.15, -0.1) is 0 Å². The summed E-state index contributed by atoms with van der Waals surface area (Å²) in [5, 5.41) is 4.35. The summed E-state index contributed by atoms with van der Waals surface area (Å²) in [5.41, 5.74) is 1.23. The molecule has 0 unspecified atom stereocenters. The van der Waals surface area contributed by atoms with Gasteiger partial charge in [0.05, 0.1) is 18.0 Å². The van der Waals surface area contributed by atoms with E-state index in [-0.39, 0.29) is 6.10 Å². The van der Waals surface area contributed by atoms with Crippen LogP contribution in [0.25, 0.3) is 0 Å². The van der Waals surface area contributed by atoms with Crippen LogP contribution >= 0.6 is 0 Å². The van der Waals surface area contributed by atoms with E-state index in [1.807, 2.05) is 23.0 Å². The first kappa shape index (κ1) is 16.0. The second-order valence-corrected chi connectivity index (χ2v) is 5.81. The highest BCUT2D eigenvalue weighted by Gasteiger charge is 2.33. The number of likely N-dealkylation sites (tertiary alicyclic amines) is 1. The van der Waals surface area contributed by atoms with Crippen molar-refractivity contribution in [1.82, 2.24) is 19.7 Å². The molecular formula is C17H24N4O2. The molecule has 2 atom stereocenters. The molecule has 1 fully saturated rings. The lowest BCUT2D eigenvalue weighted by atomic mass is 10.2. The molecule has 1 saturated heterocycles. The molecule has 0 aromatic carbocycles. The summed E-state index contributed by atoms with van der Waals surface area (Å²) in [4.78, 5) is 6.51. The topological polar surface area (TPSA) is 52.4 Å². The van der Waals surface area contributed by atoms with Gasteiger partial charge >= 0.3 is 0 Å². The number of nitrogens with zero attached hydrogens (tertiary/aromatic N) is 4. The van der Waals surface area contributed by atoms with Gasteiger partial charge in [-0.3, -0.25) is 14.6 Å². The Morgan fingerprint density at radius 3 is 2.96 bits per heavy atom. The monoisotopic (exact) mass is 316 g/mol. The van der Waals surface area contributed by atoms with Crippen molar-refractivity contribution in [1.29, 1.82) is 0 Å². The molecule has 1 aliphatic heterocycles. The second kappa shape index (κ2) is 7.57. The molecule has 0 amide bonds. The first-order valence-corrected chi connectivity index (χ1v) is 8.10. The average Bonchev–Trinajstić information content (AvgIpc) is 3.20. The summed E-state index contributed by atoms with van der Waals surface area (Å²) in [7, 11) is 1.78. The van der Waals surface area contributed by atoms with Gasteiger partial charge in [0.2, 0.25) is 0 Å². The summed E-state index contributed by atoms with van der Waals surface area (Å²) >= 11 is 0. The van der Waals surface area contributed by atoms with E-state index in [0.29, 0.717) is 12.6 Å². The molecule has 6 nitrogen and oxygen atoms in total. The van der Waals surface area contributed by atoms with Gasteiger partial charge in [0, 0.05) is 45.2 Å². The van der Waals surface area contributed by atoms with Crippen molar-refractivity contribution < 1.29 is 9.47 Å². The zero-order valence-electron chi connectivity index (χ0n) is 13.8. The van der Waals surface area contributed by atoms with Crippen LogP contribution in [0.3, 0.4) is 0 Å². The van der Waals surface area contributed by atoms with Crippen molar-refractivity contribution in [2.45, 2.75) is 38.6 Å². The number of ether oxygens (including phenoxy) is 2. The van der Waals surface area contributed by atoms with E-state index < -0.39 is 0 Å². The smallest absolute Gasteiger partial charge is 0.137 e. The van der Waals surface area contributed by atoms with Crippen molar-refractivity contribution >= 4 is 0 Å². The number of pyridine rings is 1. The predicted molar refractivity (Wildman–Crippen MR) is 87.2 cm³/mol. The molecule has 124 valence electrons. The lowest BCUT2D eigenvalue weighted by Gasteiger charge is -2.24. The minimum absolute atomic E-state index is 0.260.